The molecular weight excluding hydrogens is 266 g/mol. The standard InChI is InChI=1S/C13H18ClN3O2/c1-8(5-10(18)19)9-6-15-12(14)17-11(9)16-7-13(2,3)4/h5-6H,7H2,1-4H3,(H,18,19)(H,15,16,17)/b8-5+. The largest absolute Gasteiger partial charge is 0.478 e. The van der Waals surface area contributed by atoms with Gasteiger partial charge in [-0.2, -0.15) is 0 Å². The normalized spacial score (nSPS) is 12.4. The molecule has 0 bridgehead atoms. The van der Waals surface area contributed by atoms with E-state index in [1.165, 1.54) is 6.20 Å². The maximum Gasteiger partial charge on any atom is 0.328 e. The molecule has 6 heteroatoms. The number of hydrogen-bond acceptors (Lipinski definition) is 4. The molecule has 5 nitrogen and oxygen atoms in total. The zero-order valence-electron chi connectivity index (χ0n) is 11.5. The lowest BCUT2D eigenvalue weighted by Crippen LogP contribution is -2.20. The van der Waals surface area contributed by atoms with Crippen LogP contribution in [0.3, 0.4) is 0 Å². The Hall–Kier alpha value is -1.62. The van der Waals surface area contributed by atoms with Gasteiger partial charge in [0.05, 0.1) is 0 Å². The topological polar surface area (TPSA) is 75.1 Å². The van der Waals surface area contributed by atoms with E-state index in [-0.39, 0.29) is 10.7 Å². The zero-order chi connectivity index (χ0) is 14.6. The number of aliphatic carboxylic acids is 1. The Morgan fingerprint density at radius 2 is 2.16 bits per heavy atom. The monoisotopic (exact) mass is 283 g/mol. The number of allylic oxidation sites excluding steroid dienone is 1. The summed E-state index contributed by atoms with van der Waals surface area (Å²) in [5.74, 6) is -0.459. The molecule has 0 fully saturated rings. The molecule has 1 aromatic heterocycles. The second kappa shape index (κ2) is 6.02. The first-order valence-corrected chi connectivity index (χ1v) is 6.25. The predicted octanol–water partition coefficient (Wildman–Crippen LogP) is 3.08. The quantitative estimate of drug-likeness (QED) is 0.656. The number of rotatable bonds is 4. The lowest BCUT2D eigenvalue weighted by Gasteiger charge is -2.20. The first-order chi connectivity index (χ1) is 8.69. The van der Waals surface area contributed by atoms with E-state index in [4.69, 9.17) is 16.7 Å². The molecule has 1 rings (SSSR count). The van der Waals surface area contributed by atoms with Gasteiger partial charge in [-0.1, -0.05) is 20.8 Å². The van der Waals surface area contributed by atoms with E-state index in [9.17, 15) is 4.79 Å². The van der Waals surface area contributed by atoms with Crippen molar-refractivity contribution in [2.45, 2.75) is 27.7 Å². The summed E-state index contributed by atoms with van der Waals surface area (Å²) in [6.45, 7) is 8.64. The molecule has 19 heavy (non-hydrogen) atoms. The Morgan fingerprint density at radius 1 is 1.53 bits per heavy atom. The van der Waals surface area contributed by atoms with Crippen LogP contribution in [-0.2, 0) is 4.79 Å². The molecule has 0 atom stereocenters. The van der Waals surface area contributed by atoms with Crippen LogP contribution in [0.1, 0.15) is 33.3 Å². The van der Waals surface area contributed by atoms with Gasteiger partial charge in [0.2, 0.25) is 5.28 Å². The van der Waals surface area contributed by atoms with E-state index in [0.717, 1.165) is 6.08 Å². The van der Waals surface area contributed by atoms with Crippen molar-refractivity contribution in [3.63, 3.8) is 0 Å². The minimum atomic E-state index is -1.01. The van der Waals surface area contributed by atoms with E-state index < -0.39 is 5.97 Å². The first kappa shape index (κ1) is 15.4. The number of carboxylic acids is 1. The van der Waals surface area contributed by atoms with Gasteiger partial charge in [-0.05, 0) is 29.5 Å². The van der Waals surface area contributed by atoms with Crippen LogP contribution in [0.4, 0.5) is 5.82 Å². The van der Waals surface area contributed by atoms with Crippen LogP contribution < -0.4 is 5.32 Å². The number of anilines is 1. The molecule has 0 aromatic carbocycles. The summed E-state index contributed by atoms with van der Waals surface area (Å²) in [6, 6.07) is 0. The van der Waals surface area contributed by atoms with E-state index in [1.807, 2.05) is 0 Å². The summed E-state index contributed by atoms with van der Waals surface area (Å²) in [4.78, 5) is 18.7. The molecule has 2 N–H and O–H groups in total. The molecule has 1 heterocycles. The van der Waals surface area contributed by atoms with Crippen molar-refractivity contribution in [2.24, 2.45) is 5.41 Å². The molecule has 0 spiro atoms. The van der Waals surface area contributed by atoms with Gasteiger partial charge < -0.3 is 10.4 Å². The highest BCUT2D eigenvalue weighted by molar-refractivity contribution is 6.28. The molecule has 0 saturated heterocycles. The van der Waals surface area contributed by atoms with Crippen molar-refractivity contribution in [1.29, 1.82) is 0 Å². The van der Waals surface area contributed by atoms with Crippen LogP contribution >= 0.6 is 11.6 Å². The maximum absolute atomic E-state index is 10.7. The molecule has 0 saturated carbocycles. The third-order valence-corrected chi connectivity index (χ3v) is 2.49. The number of aromatic nitrogens is 2. The molecule has 0 aliphatic carbocycles. The van der Waals surface area contributed by atoms with Gasteiger partial charge in [-0.15, -0.1) is 0 Å². The van der Waals surface area contributed by atoms with Crippen molar-refractivity contribution in [2.75, 3.05) is 11.9 Å². The lowest BCUT2D eigenvalue weighted by molar-refractivity contribution is -0.131. The molecule has 0 amide bonds. The summed E-state index contributed by atoms with van der Waals surface area (Å²) >= 11 is 5.78. The highest BCUT2D eigenvalue weighted by atomic mass is 35.5. The van der Waals surface area contributed by atoms with Crippen LogP contribution in [0.2, 0.25) is 5.28 Å². The fourth-order valence-corrected chi connectivity index (χ4v) is 1.53. The molecular formula is C13H18ClN3O2. The van der Waals surface area contributed by atoms with E-state index >= 15 is 0 Å². The van der Waals surface area contributed by atoms with Gasteiger partial charge in [-0.3, -0.25) is 0 Å². The smallest absolute Gasteiger partial charge is 0.328 e. The van der Waals surface area contributed by atoms with Gasteiger partial charge in [0.1, 0.15) is 5.82 Å². The second-order valence-electron chi connectivity index (χ2n) is 5.48. The summed E-state index contributed by atoms with van der Waals surface area (Å²) in [5, 5.41) is 12.1. The Morgan fingerprint density at radius 3 is 2.68 bits per heavy atom. The summed E-state index contributed by atoms with van der Waals surface area (Å²) < 4.78 is 0. The van der Waals surface area contributed by atoms with Gasteiger partial charge in [0, 0.05) is 24.4 Å². The number of hydrogen-bond donors (Lipinski definition) is 2. The fourth-order valence-electron chi connectivity index (χ4n) is 1.40. The molecule has 0 unspecified atom stereocenters. The van der Waals surface area contributed by atoms with Crippen molar-refractivity contribution in [1.82, 2.24) is 9.97 Å². The average Bonchev–Trinajstić information content (AvgIpc) is 2.24. The zero-order valence-corrected chi connectivity index (χ0v) is 12.2. The Kier molecular flexibility index (Phi) is 4.89. The molecule has 0 radical (unpaired) electrons. The number of nitrogens with zero attached hydrogens (tertiary/aromatic N) is 2. The lowest BCUT2D eigenvalue weighted by atomic mass is 9.97. The molecule has 0 aliphatic rings. The Balaban J connectivity index is 3.08. The van der Waals surface area contributed by atoms with E-state index in [2.05, 4.69) is 36.1 Å². The Labute approximate surface area is 117 Å². The van der Waals surface area contributed by atoms with Crippen molar-refractivity contribution >= 4 is 29.0 Å². The maximum atomic E-state index is 10.7. The van der Waals surface area contributed by atoms with Gasteiger partial charge in [-0.25, -0.2) is 14.8 Å². The number of carboxylic acid groups (broad SMARTS) is 1. The van der Waals surface area contributed by atoms with Crippen LogP contribution in [0.15, 0.2) is 12.3 Å². The summed E-state index contributed by atoms with van der Waals surface area (Å²) in [6.07, 6.45) is 2.64. The highest BCUT2D eigenvalue weighted by Crippen LogP contribution is 2.24. The summed E-state index contributed by atoms with van der Waals surface area (Å²) in [5.41, 5.74) is 1.27. The van der Waals surface area contributed by atoms with Crippen LogP contribution in [0.5, 0.6) is 0 Å². The van der Waals surface area contributed by atoms with Crippen molar-refractivity contribution in [3.8, 4) is 0 Å². The van der Waals surface area contributed by atoms with E-state index in [1.54, 1.807) is 6.92 Å². The molecule has 1 aromatic rings. The molecule has 0 aliphatic heterocycles. The van der Waals surface area contributed by atoms with Crippen molar-refractivity contribution in [3.05, 3.63) is 23.1 Å². The van der Waals surface area contributed by atoms with Gasteiger partial charge in [0.15, 0.2) is 0 Å². The minimum Gasteiger partial charge on any atom is -0.478 e. The van der Waals surface area contributed by atoms with Crippen LogP contribution in [0, 0.1) is 5.41 Å². The predicted molar refractivity (Wildman–Crippen MR) is 76.3 cm³/mol. The first-order valence-electron chi connectivity index (χ1n) is 5.87. The number of halogens is 1. The molecule has 104 valence electrons. The second-order valence-corrected chi connectivity index (χ2v) is 5.82. The number of nitrogens with one attached hydrogen (secondary N) is 1. The van der Waals surface area contributed by atoms with Crippen LogP contribution in [-0.4, -0.2) is 27.6 Å². The third-order valence-electron chi connectivity index (χ3n) is 2.31. The third kappa shape index (κ3) is 5.26. The Bertz CT molecular complexity index is 507. The van der Waals surface area contributed by atoms with Gasteiger partial charge >= 0.3 is 5.97 Å². The van der Waals surface area contributed by atoms with E-state index in [0.29, 0.717) is 23.5 Å². The van der Waals surface area contributed by atoms with Gasteiger partial charge in [0.25, 0.3) is 0 Å². The fraction of sp³-hybridized carbons (Fsp3) is 0.462. The minimum absolute atomic E-state index is 0.0686. The average molecular weight is 284 g/mol. The van der Waals surface area contributed by atoms with Crippen molar-refractivity contribution < 1.29 is 9.90 Å². The van der Waals surface area contributed by atoms with Crippen LogP contribution in [0.25, 0.3) is 5.57 Å². The highest BCUT2D eigenvalue weighted by Gasteiger charge is 2.14. The summed E-state index contributed by atoms with van der Waals surface area (Å²) in [7, 11) is 0. The number of carbonyl (C=O) groups is 1. The SMILES string of the molecule is C/C(=C\C(=O)O)c1cnc(Cl)nc1NCC(C)(C)C.